The third-order valence-electron chi connectivity index (χ3n) is 6.54. The second kappa shape index (κ2) is 9.64. The van der Waals surface area contributed by atoms with Crippen molar-refractivity contribution in [2.75, 3.05) is 6.54 Å². The van der Waals surface area contributed by atoms with Crippen LogP contribution in [0.1, 0.15) is 74.0 Å². The number of alkyl halides is 2. The molecule has 0 radical (unpaired) electrons. The number of nitrogens with zero attached hydrogens (tertiary/aromatic N) is 4. The van der Waals surface area contributed by atoms with Crippen LogP contribution in [0.25, 0.3) is 0 Å². The molecule has 0 bridgehead atoms. The summed E-state index contributed by atoms with van der Waals surface area (Å²) in [6.07, 6.45) is -0.185. The molecule has 12 heteroatoms. The van der Waals surface area contributed by atoms with E-state index in [2.05, 4.69) is 9.84 Å². The molecule has 0 saturated heterocycles. The van der Waals surface area contributed by atoms with Gasteiger partial charge in [-0.05, 0) is 52.3 Å². The molecule has 200 valence electrons. The van der Waals surface area contributed by atoms with Crippen molar-refractivity contribution >= 4 is 18.0 Å². The van der Waals surface area contributed by atoms with Gasteiger partial charge in [-0.1, -0.05) is 12.1 Å². The predicted octanol–water partition coefficient (Wildman–Crippen LogP) is 4.01. The van der Waals surface area contributed by atoms with Gasteiger partial charge in [-0.3, -0.25) is 4.79 Å². The first kappa shape index (κ1) is 26.4. The minimum absolute atomic E-state index is 0.0252. The lowest BCUT2D eigenvalue weighted by atomic mass is 9.97. The summed E-state index contributed by atoms with van der Waals surface area (Å²) in [5.74, 6) is -1.60. The van der Waals surface area contributed by atoms with Crippen LogP contribution in [0.4, 0.5) is 13.6 Å². The number of benzene rings is 1. The molecule has 0 fully saturated rings. The molecule has 0 aliphatic carbocycles. The first-order valence-electron chi connectivity index (χ1n) is 11.9. The molecule has 10 nitrogen and oxygen atoms in total. The number of hydrogen-bond donors (Lipinski definition) is 1. The van der Waals surface area contributed by atoms with E-state index >= 15 is 0 Å². The zero-order valence-corrected chi connectivity index (χ0v) is 21.3. The van der Waals surface area contributed by atoms with Gasteiger partial charge >= 0.3 is 18.7 Å². The Bertz CT molecular complexity index is 1210. The van der Waals surface area contributed by atoms with Crippen molar-refractivity contribution < 1.29 is 37.7 Å². The molecule has 1 N–H and O–H groups in total. The molecule has 3 atom stereocenters. The number of rotatable bonds is 5. The Morgan fingerprint density at radius 3 is 2.41 bits per heavy atom. The maximum absolute atomic E-state index is 13.7. The van der Waals surface area contributed by atoms with Crippen LogP contribution in [-0.4, -0.2) is 67.5 Å². The van der Waals surface area contributed by atoms with Crippen molar-refractivity contribution in [3.63, 3.8) is 0 Å². The van der Waals surface area contributed by atoms with Crippen LogP contribution < -0.4 is 4.74 Å². The van der Waals surface area contributed by atoms with E-state index in [-0.39, 0.29) is 30.6 Å². The van der Waals surface area contributed by atoms with Crippen LogP contribution in [0.2, 0.25) is 0 Å². The number of carbonyl (C=O) groups is 3. The molecule has 2 aromatic rings. The standard InChI is InChI=1S/C25H30F2N4O6/c1-13-10-18-17(11-29(13)24(35)37-25(3,4)5)20-21(32)30(12-19(22(33)34)31(20)28-18)14(2)15-6-8-16(9-7-15)36-23(26)27/h6-9,13-14,19,23H,10-12H2,1-5H3,(H,33,34)/t13-,14?,19?/m1/s1. The molecule has 2 unspecified atom stereocenters. The Balaban J connectivity index is 1.67. The van der Waals surface area contributed by atoms with Crippen molar-refractivity contribution in [1.82, 2.24) is 19.6 Å². The van der Waals surface area contributed by atoms with Gasteiger partial charge in [0.15, 0.2) is 6.04 Å². The van der Waals surface area contributed by atoms with Crippen LogP contribution in [0.15, 0.2) is 24.3 Å². The molecular formula is C25H30F2N4O6. The number of fused-ring (bicyclic) bond motifs is 3. The van der Waals surface area contributed by atoms with E-state index in [4.69, 9.17) is 4.74 Å². The SMILES string of the molecule is CC(c1ccc(OC(F)F)cc1)N1CC(C(=O)O)n2nc3c(c2C1=O)CN(C(=O)OC(C)(C)C)[C@H](C)C3. The van der Waals surface area contributed by atoms with Gasteiger partial charge in [-0.25, -0.2) is 14.3 Å². The molecule has 0 spiro atoms. The van der Waals surface area contributed by atoms with Crippen molar-refractivity contribution in [3.05, 3.63) is 46.8 Å². The number of amides is 2. The fraction of sp³-hybridized carbons (Fsp3) is 0.520. The van der Waals surface area contributed by atoms with Gasteiger partial charge in [-0.2, -0.15) is 13.9 Å². The highest BCUT2D eigenvalue weighted by atomic mass is 19.3. The van der Waals surface area contributed by atoms with Crippen molar-refractivity contribution in [3.8, 4) is 5.75 Å². The molecule has 4 rings (SSSR count). The normalized spacial score (nSPS) is 20.4. The highest BCUT2D eigenvalue weighted by Crippen LogP contribution is 2.35. The Morgan fingerprint density at radius 2 is 1.84 bits per heavy atom. The summed E-state index contributed by atoms with van der Waals surface area (Å²) >= 11 is 0. The Kier molecular flexibility index (Phi) is 6.87. The average Bonchev–Trinajstić information content (AvgIpc) is 3.15. The summed E-state index contributed by atoms with van der Waals surface area (Å²) in [5, 5.41) is 14.5. The van der Waals surface area contributed by atoms with E-state index in [1.165, 1.54) is 26.6 Å². The molecule has 2 aliphatic rings. The quantitative estimate of drug-likeness (QED) is 0.634. The summed E-state index contributed by atoms with van der Waals surface area (Å²) in [4.78, 5) is 41.8. The smallest absolute Gasteiger partial charge is 0.410 e. The number of carboxylic acid groups (broad SMARTS) is 1. The van der Waals surface area contributed by atoms with Crippen LogP contribution in [0.3, 0.4) is 0 Å². The van der Waals surface area contributed by atoms with Gasteiger partial charge in [0.1, 0.15) is 17.0 Å². The van der Waals surface area contributed by atoms with E-state index in [9.17, 15) is 28.3 Å². The topological polar surface area (TPSA) is 114 Å². The first-order chi connectivity index (χ1) is 17.3. The maximum Gasteiger partial charge on any atom is 0.410 e. The number of ether oxygens (including phenoxy) is 2. The summed E-state index contributed by atoms with van der Waals surface area (Å²) in [6, 6.07) is 3.88. The van der Waals surface area contributed by atoms with Crippen LogP contribution >= 0.6 is 0 Å². The minimum atomic E-state index is -2.96. The van der Waals surface area contributed by atoms with E-state index in [1.54, 1.807) is 39.8 Å². The van der Waals surface area contributed by atoms with Crippen LogP contribution in [0.5, 0.6) is 5.75 Å². The number of aromatic nitrogens is 2. The molecule has 1 aromatic heterocycles. The minimum Gasteiger partial charge on any atom is -0.480 e. The number of carboxylic acids is 1. The van der Waals surface area contributed by atoms with Crippen molar-refractivity contribution in [2.45, 2.75) is 77.9 Å². The van der Waals surface area contributed by atoms with Gasteiger partial charge in [0, 0.05) is 18.0 Å². The lowest BCUT2D eigenvalue weighted by Gasteiger charge is -2.37. The molecule has 2 amide bonds. The fourth-order valence-electron chi connectivity index (χ4n) is 4.69. The van der Waals surface area contributed by atoms with Crippen LogP contribution in [-0.2, 0) is 22.5 Å². The Labute approximate surface area is 212 Å². The molecular weight excluding hydrogens is 490 g/mol. The summed E-state index contributed by atoms with van der Waals surface area (Å²) in [7, 11) is 0. The number of carbonyl (C=O) groups excluding carboxylic acids is 2. The second-order valence-corrected chi connectivity index (χ2v) is 10.3. The number of halogens is 2. The van der Waals surface area contributed by atoms with Gasteiger partial charge in [-0.15, -0.1) is 0 Å². The molecule has 2 aliphatic heterocycles. The summed E-state index contributed by atoms with van der Waals surface area (Å²) < 4.78 is 36.2. The van der Waals surface area contributed by atoms with E-state index in [1.807, 2.05) is 6.92 Å². The molecule has 0 saturated carbocycles. The molecule has 1 aromatic carbocycles. The lowest BCUT2D eigenvalue weighted by molar-refractivity contribution is -0.142. The van der Waals surface area contributed by atoms with Gasteiger partial charge in [0.2, 0.25) is 0 Å². The van der Waals surface area contributed by atoms with Crippen molar-refractivity contribution in [2.24, 2.45) is 0 Å². The number of hydrogen-bond acceptors (Lipinski definition) is 6. The first-order valence-corrected chi connectivity index (χ1v) is 11.9. The summed E-state index contributed by atoms with van der Waals surface area (Å²) in [6.45, 7) is 5.82. The van der Waals surface area contributed by atoms with Gasteiger partial charge in [0.05, 0.1) is 24.8 Å². The highest BCUT2D eigenvalue weighted by molar-refractivity contribution is 5.97. The third kappa shape index (κ3) is 5.23. The monoisotopic (exact) mass is 520 g/mol. The Morgan fingerprint density at radius 1 is 1.19 bits per heavy atom. The van der Waals surface area contributed by atoms with Gasteiger partial charge < -0.3 is 24.4 Å². The second-order valence-electron chi connectivity index (χ2n) is 10.3. The third-order valence-corrected chi connectivity index (χ3v) is 6.54. The van der Waals surface area contributed by atoms with Crippen LogP contribution in [0, 0.1) is 0 Å². The van der Waals surface area contributed by atoms with E-state index in [0.29, 0.717) is 23.2 Å². The molecule has 3 heterocycles. The fourth-order valence-corrected chi connectivity index (χ4v) is 4.69. The van der Waals surface area contributed by atoms with Crippen molar-refractivity contribution in [1.29, 1.82) is 0 Å². The predicted molar refractivity (Wildman–Crippen MR) is 126 cm³/mol. The molecule has 37 heavy (non-hydrogen) atoms. The number of aliphatic carboxylic acids is 1. The van der Waals surface area contributed by atoms with E-state index in [0.717, 1.165) is 0 Å². The zero-order valence-electron chi connectivity index (χ0n) is 21.3. The lowest BCUT2D eigenvalue weighted by Crippen LogP contribution is -2.48. The largest absolute Gasteiger partial charge is 0.480 e. The summed E-state index contributed by atoms with van der Waals surface area (Å²) in [5.41, 5.74) is 1.10. The maximum atomic E-state index is 13.7. The zero-order chi connectivity index (χ0) is 27.2. The van der Waals surface area contributed by atoms with E-state index < -0.39 is 42.3 Å². The average molecular weight is 521 g/mol. The Hall–Kier alpha value is -3.70. The highest BCUT2D eigenvalue weighted by Gasteiger charge is 2.44. The van der Waals surface area contributed by atoms with Gasteiger partial charge in [0.25, 0.3) is 5.91 Å².